The number of aromatic amines is 1. The van der Waals surface area contributed by atoms with E-state index in [1.165, 1.54) is 31.0 Å². The zero-order chi connectivity index (χ0) is 27.2. The average molecular weight is 545 g/mol. The van der Waals surface area contributed by atoms with Crippen LogP contribution < -0.4 is 10.1 Å². The van der Waals surface area contributed by atoms with Gasteiger partial charge in [-0.2, -0.15) is 13.2 Å². The van der Waals surface area contributed by atoms with E-state index in [1.54, 1.807) is 0 Å². The number of ether oxygens (including phenoxy) is 2. The van der Waals surface area contributed by atoms with Crippen molar-refractivity contribution in [3.63, 3.8) is 0 Å². The zero-order valence-electron chi connectivity index (χ0n) is 21.5. The molecule has 5 rings (SSSR count). The van der Waals surface area contributed by atoms with E-state index in [9.17, 15) is 18.0 Å². The number of benzene rings is 1. The standard InChI is InChI=1S/C27H31F3N6O3/c28-27(29,30)21-6-5-19(39-12-9-17-7-10-38-11-8-17)14-20(21)22-15-23(32-16-31-22)34-26(37)25-33-24(35-36-25)13-18-3-1-2-4-18/h5-6,14-18H,1-4,7-13H2,(H,33,35,36)(H,31,32,34,37). The quantitative estimate of drug-likeness (QED) is 0.368. The first-order valence-electron chi connectivity index (χ1n) is 13.3. The van der Waals surface area contributed by atoms with E-state index in [0.717, 1.165) is 64.1 Å². The predicted molar refractivity (Wildman–Crippen MR) is 136 cm³/mol. The molecule has 2 aliphatic rings. The van der Waals surface area contributed by atoms with E-state index in [4.69, 9.17) is 9.47 Å². The Labute approximate surface area is 223 Å². The van der Waals surface area contributed by atoms with Crippen molar-refractivity contribution in [2.75, 3.05) is 25.1 Å². The van der Waals surface area contributed by atoms with Gasteiger partial charge in [0.05, 0.1) is 17.9 Å². The third-order valence-electron chi connectivity index (χ3n) is 7.31. The van der Waals surface area contributed by atoms with Crippen molar-refractivity contribution in [1.82, 2.24) is 25.1 Å². The van der Waals surface area contributed by atoms with Gasteiger partial charge in [-0.05, 0) is 49.3 Å². The van der Waals surface area contributed by atoms with Gasteiger partial charge in [0, 0.05) is 31.3 Å². The van der Waals surface area contributed by atoms with Crippen LogP contribution in [0.1, 0.15) is 67.0 Å². The summed E-state index contributed by atoms with van der Waals surface area (Å²) in [6.07, 6.45) is 4.58. The van der Waals surface area contributed by atoms with Crippen LogP contribution in [0, 0.1) is 11.8 Å². The molecule has 0 unspecified atom stereocenters. The number of carbonyl (C=O) groups excluding carboxylic acids is 1. The van der Waals surface area contributed by atoms with Gasteiger partial charge in [0.2, 0.25) is 5.82 Å². The molecule has 2 N–H and O–H groups in total. The van der Waals surface area contributed by atoms with E-state index in [0.29, 0.717) is 30.0 Å². The van der Waals surface area contributed by atoms with Crippen LogP contribution >= 0.6 is 0 Å². The number of hydrogen-bond acceptors (Lipinski definition) is 7. The molecule has 2 fully saturated rings. The normalized spacial score (nSPS) is 16.9. The SMILES string of the molecule is O=C(Nc1cc(-c2cc(OCCC3CCOCC3)ccc2C(F)(F)F)ncn1)c1n[nH]c(CC2CCCC2)n1. The number of amides is 1. The van der Waals surface area contributed by atoms with Crippen molar-refractivity contribution in [3.8, 4) is 17.0 Å². The van der Waals surface area contributed by atoms with Crippen LogP contribution in [-0.4, -0.2) is 50.9 Å². The molecule has 0 radical (unpaired) electrons. The first-order chi connectivity index (χ1) is 18.8. The maximum absolute atomic E-state index is 13.9. The molecule has 1 amide bonds. The highest BCUT2D eigenvalue weighted by Crippen LogP contribution is 2.39. The summed E-state index contributed by atoms with van der Waals surface area (Å²) in [5.41, 5.74) is -1.03. The summed E-state index contributed by atoms with van der Waals surface area (Å²) in [7, 11) is 0. The molecule has 2 aromatic heterocycles. The van der Waals surface area contributed by atoms with Crippen LogP contribution in [0.2, 0.25) is 0 Å². The summed E-state index contributed by atoms with van der Waals surface area (Å²) < 4.78 is 52.7. The molecule has 1 aliphatic heterocycles. The number of carbonyl (C=O) groups is 1. The Kier molecular flexibility index (Phi) is 8.39. The molecular weight excluding hydrogens is 513 g/mol. The Morgan fingerprint density at radius 2 is 1.87 bits per heavy atom. The van der Waals surface area contributed by atoms with Crippen molar-refractivity contribution < 1.29 is 27.4 Å². The van der Waals surface area contributed by atoms with Crippen molar-refractivity contribution >= 4 is 11.7 Å². The lowest BCUT2D eigenvalue weighted by Crippen LogP contribution is -2.17. The molecule has 0 bridgehead atoms. The molecule has 3 heterocycles. The number of anilines is 1. The summed E-state index contributed by atoms with van der Waals surface area (Å²) in [6, 6.07) is 4.91. The maximum atomic E-state index is 13.9. The molecular formula is C27H31F3N6O3. The van der Waals surface area contributed by atoms with Crippen molar-refractivity contribution in [2.24, 2.45) is 11.8 Å². The van der Waals surface area contributed by atoms with Crippen molar-refractivity contribution in [2.45, 2.75) is 57.5 Å². The van der Waals surface area contributed by atoms with Crippen LogP contribution in [-0.2, 0) is 17.3 Å². The lowest BCUT2D eigenvalue weighted by atomic mass is 9.97. The van der Waals surface area contributed by atoms with Crippen molar-refractivity contribution in [3.05, 3.63) is 47.8 Å². The van der Waals surface area contributed by atoms with Gasteiger partial charge in [-0.15, -0.1) is 5.10 Å². The molecule has 9 nitrogen and oxygen atoms in total. The van der Waals surface area contributed by atoms with E-state index in [2.05, 4.69) is 30.5 Å². The van der Waals surface area contributed by atoms with Gasteiger partial charge >= 0.3 is 6.18 Å². The maximum Gasteiger partial charge on any atom is 0.417 e. The Morgan fingerprint density at radius 1 is 1.08 bits per heavy atom. The summed E-state index contributed by atoms with van der Waals surface area (Å²) in [5, 5.41) is 9.36. The minimum Gasteiger partial charge on any atom is -0.494 e. The fourth-order valence-corrected chi connectivity index (χ4v) is 5.17. The third kappa shape index (κ3) is 7.11. The van der Waals surface area contributed by atoms with Crippen LogP contribution in [0.25, 0.3) is 11.3 Å². The summed E-state index contributed by atoms with van der Waals surface area (Å²) >= 11 is 0. The minimum atomic E-state index is -4.61. The second-order valence-electron chi connectivity index (χ2n) is 10.1. The molecule has 1 aliphatic carbocycles. The van der Waals surface area contributed by atoms with Gasteiger partial charge in [0.25, 0.3) is 5.91 Å². The number of alkyl halides is 3. The second kappa shape index (κ2) is 12.1. The average Bonchev–Trinajstić information content (AvgIpc) is 3.62. The molecule has 208 valence electrons. The number of halogens is 3. The topological polar surface area (TPSA) is 115 Å². The molecule has 1 aromatic carbocycles. The first-order valence-corrected chi connectivity index (χ1v) is 13.3. The van der Waals surface area contributed by atoms with Gasteiger partial charge in [-0.1, -0.05) is 25.7 Å². The number of nitrogens with zero attached hydrogens (tertiary/aromatic N) is 4. The number of H-pyrrole nitrogens is 1. The van der Waals surface area contributed by atoms with Gasteiger partial charge in [-0.25, -0.2) is 15.0 Å². The largest absolute Gasteiger partial charge is 0.494 e. The van der Waals surface area contributed by atoms with Crippen LogP contribution in [0.3, 0.4) is 0 Å². The first kappa shape index (κ1) is 27.0. The molecule has 1 saturated carbocycles. The minimum absolute atomic E-state index is 0.000543. The van der Waals surface area contributed by atoms with Gasteiger partial charge < -0.3 is 14.8 Å². The van der Waals surface area contributed by atoms with E-state index < -0.39 is 17.6 Å². The highest BCUT2D eigenvalue weighted by atomic mass is 19.4. The fourth-order valence-electron chi connectivity index (χ4n) is 5.17. The second-order valence-corrected chi connectivity index (χ2v) is 10.1. The lowest BCUT2D eigenvalue weighted by molar-refractivity contribution is -0.137. The predicted octanol–water partition coefficient (Wildman–Crippen LogP) is 5.46. The molecule has 39 heavy (non-hydrogen) atoms. The smallest absolute Gasteiger partial charge is 0.417 e. The summed E-state index contributed by atoms with van der Waals surface area (Å²) in [6.45, 7) is 1.83. The van der Waals surface area contributed by atoms with Gasteiger partial charge in [0.15, 0.2) is 0 Å². The Bertz CT molecular complexity index is 1270. The highest BCUT2D eigenvalue weighted by Gasteiger charge is 2.34. The number of aromatic nitrogens is 5. The monoisotopic (exact) mass is 544 g/mol. The summed E-state index contributed by atoms with van der Waals surface area (Å²) in [5.74, 6) is 1.31. The number of rotatable bonds is 9. The van der Waals surface area contributed by atoms with E-state index in [1.807, 2.05) is 0 Å². The molecule has 1 saturated heterocycles. The molecule has 0 spiro atoms. The number of hydrogen-bond donors (Lipinski definition) is 2. The van der Waals surface area contributed by atoms with Gasteiger partial charge in [-0.3, -0.25) is 9.89 Å². The molecule has 12 heteroatoms. The summed E-state index contributed by atoms with van der Waals surface area (Å²) in [4.78, 5) is 25.0. The van der Waals surface area contributed by atoms with Crippen LogP contribution in [0.15, 0.2) is 30.6 Å². The zero-order valence-corrected chi connectivity index (χ0v) is 21.5. The van der Waals surface area contributed by atoms with Crippen LogP contribution in [0.4, 0.5) is 19.0 Å². The fraction of sp³-hybridized carbons (Fsp3) is 0.519. The Hall–Kier alpha value is -3.54. The highest BCUT2D eigenvalue weighted by molar-refractivity contribution is 6.01. The van der Waals surface area contributed by atoms with E-state index >= 15 is 0 Å². The van der Waals surface area contributed by atoms with Crippen LogP contribution in [0.5, 0.6) is 5.75 Å². The lowest BCUT2D eigenvalue weighted by Gasteiger charge is -2.22. The van der Waals surface area contributed by atoms with Gasteiger partial charge in [0.1, 0.15) is 23.7 Å². The van der Waals surface area contributed by atoms with Crippen molar-refractivity contribution in [1.29, 1.82) is 0 Å². The Morgan fingerprint density at radius 3 is 2.64 bits per heavy atom. The Balaban J connectivity index is 1.29. The molecule has 0 atom stereocenters. The number of nitrogens with one attached hydrogen (secondary N) is 2. The van der Waals surface area contributed by atoms with E-state index in [-0.39, 0.29) is 22.9 Å². The third-order valence-corrected chi connectivity index (χ3v) is 7.31. The molecule has 3 aromatic rings.